The maximum atomic E-state index is 13.0. The molecule has 3 rings (SSSR count). The fraction of sp³-hybridized carbons (Fsp3) is 0.381. The van der Waals surface area contributed by atoms with Gasteiger partial charge in [0.25, 0.3) is 0 Å². The van der Waals surface area contributed by atoms with Crippen molar-refractivity contribution in [3.63, 3.8) is 0 Å². The van der Waals surface area contributed by atoms with Crippen LogP contribution in [0.5, 0.6) is 0 Å². The maximum Gasteiger partial charge on any atom is 0.241 e. The summed E-state index contributed by atoms with van der Waals surface area (Å²) < 4.78 is 41.2. The minimum atomic E-state index is -3.59. The first kappa shape index (κ1) is 20.5. The first-order chi connectivity index (χ1) is 13.2. The molecule has 1 N–H and O–H groups in total. The predicted octanol–water partition coefficient (Wildman–Crippen LogP) is 2.95. The Hall–Kier alpha value is -2.25. The van der Waals surface area contributed by atoms with Crippen LogP contribution in [0.1, 0.15) is 29.5 Å². The van der Waals surface area contributed by atoms with E-state index >= 15 is 0 Å². The van der Waals surface area contributed by atoms with Gasteiger partial charge in [-0.1, -0.05) is 24.3 Å². The van der Waals surface area contributed by atoms with Crippen LogP contribution in [0.25, 0.3) is 0 Å². The Balaban J connectivity index is 1.57. The fourth-order valence-electron chi connectivity index (χ4n) is 3.42. The zero-order valence-corrected chi connectivity index (χ0v) is 16.9. The monoisotopic (exact) mass is 404 g/mol. The minimum absolute atomic E-state index is 0.0255. The Labute approximate surface area is 165 Å². The molecule has 1 aliphatic rings. The van der Waals surface area contributed by atoms with E-state index in [0.717, 1.165) is 11.1 Å². The zero-order chi connectivity index (χ0) is 20.3. The third-order valence-corrected chi connectivity index (χ3v) is 6.73. The standard InChI is InChI=1S/C21H25FN2O3S/c1-15-3-4-16(2)20(13-15)28(26,27)23-19-9-11-24(12-10-19)21(25)14-17-5-7-18(22)8-6-17/h3-8,13,19,23H,9-12,14H2,1-2H3. The van der Waals surface area contributed by atoms with Gasteiger partial charge in [-0.2, -0.15) is 0 Å². The van der Waals surface area contributed by atoms with Crippen molar-refractivity contribution in [2.45, 2.75) is 44.0 Å². The number of rotatable bonds is 5. The van der Waals surface area contributed by atoms with Gasteiger partial charge in [0.1, 0.15) is 5.82 Å². The summed E-state index contributed by atoms with van der Waals surface area (Å²) >= 11 is 0. The largest absolute Gasteiger partial charge is 0.342 e. The van der Waals surface area contributed by atoms with E-state index in [0.29, 0.717) is 36.4 Å². The van der Waals surface area contributed by atoms with Crippen molar-refractivity contribution in [2.75, 3.05) is 13.1 Å². The summed E-state index contributed by atoms with van der Waals surface area (Å²) in [5.74, 6) is -0.351. The Morgan fingerprint density at radius 1 is 1.11 bits per heavy atom. The van der Waals surface area contributed by atoms with Gasteiger partial charge >= 0.3 is 0 Å². The summed E-state index contributed by atoms with van der Waals surface area (Å²) in [7, 11) is -3.59. The molecule has 2 aromatic rings. The second kappa shape index (κ2) is 8.41. The molecule has 7 heteroatoms. The van der Waals surface area contributed by atoms with Crippen LogP contribution in [0.3, 0.4) is 0 Å². The van der Waals surface area contributed by atoms with E-state index in [-0.39, 0.29) is 24.2 Å². The number of hydrogen-bond acceptors (Lipinski definition) is 3. The van der Waals surface area contributed by atoms with E-state index in [1.807, 2.05) is 13.0 Å². The van der Waals surface area contributed by atoms with Gasteiger partial charge in [-0.25, -0.2) is 17.5 Å². The van der Waals surface area contributed by atoms with Gasteiger partial charge in [0.2, 0.25) is 15.9 Å². The van der Waals surface area contributed by atoms with E-state index in [1.165, 1.54) is 12.1 Å². The first-order valence-electron chi connectivity index (χ1n) is 9.36. The van der Waals surface area contributed by atoms with Crippen LogP contribution >= 0.6 is 0 Å². The SMILES string of the molecule is Cc1ccc(C)c(S(=O)(=O)NC2CCN(C(=O)Cc3ccc(F)cc3)CC2)c1. The highest BCUT2D eigenvalue weighted by atomic mass is 32.2. The number of halogens is 1. The van der Waals surface area contributed by atoms with Gasteiger partial charge in [0.15, 0.2) is 0 Å². The van der Waals surface area contributed by atoms with E-state index in [1.54, 1.807) is 36.1 Å². The third kappa shape index (κ3) is 4.97. The van der Waals surface area contributed by atoms with Crippen molar-refractivity contribution in [3.05, 3.63) is 65.0 Å². The van der Waals surface area contributed by atoms with Crippen LogP contribution in [0.2, 0.25) is 0 Å². The molecule has 0 bridgehead atoms. The highest BCUT2D eigenvalue weighted by Gasteiger charge is 2.27. The van der Waals surface area contributed by atoms with Gasteiger partial charge in [-0.05, 0) is 61.6 Å². The summed E-state index contributed by atoms with van der Waals surface area (Å²) in [6.07, 6.45) is 1.36. The Morgan fingerprint density at radius 2 is 1.75 bits per heavy atom. The number of nitrogens with zero attached hydrogens (tertiary/aromatic N) is 1. The van der Waals surface area contributed by atoms with E-state index in [2.05, 4.69) is 4.72 Å². The number of likely N-dealkylation sites (tertiary alicyclic amines) is 1. The lowest BCUT2D eigenvalue weighted by molar-refractivity contribution is -0.131. The van der Waals surface area contributed by atoms with Crippen LogP contribution in [-0.2, 0) is 21.2 Å². The molecular formula is C21H25FN2O3S. The maximum absolute atomic E-state index is 13.0. The number of aryl methyl sites for hydroxylation is 2. The molecule has 1 amide bonds. The van der Waals surface area contributed by atoms with Crippen molar-refractivity contribution < 1.29 is 17.6 Å². The smallest absolute Gasteiger partial charge is 0.241 e. The Kier molecular flexibility index (Phi) is 6.15. The van der Waals surface area contributed by atoms with Crippen molar-refractivity contribution in [2.24, 2.45) is 0 Å². The minimum Gasteiger partial charge on any atom is -0.342 e. The second-order valence-corrected chi connectivity index (χ2v) is 9.03. The summed E-state index contributed by atoms with van der Waals surface area (Å²) in [4.78, 5) is 14.5. The molecule has 1 heterocycles. The summed E-state index contributed by atoms with van der Waals surface area (Å²) in [5, 5.41) is 0. The molecule has 0 atom stereocenters. The lowest BCUT2D eigenvalue weighted by Crippen LogP contribution is -2.47. The molecule has 0 spiro atoms. The molecule has 150 valence electrons. The average molecular weight is 405 g/mol. The number of benzene rings is 2. The molecule has 2 aromatic carbocycles. The molecule has 0 saturated carbocycles. The van der Waals surface area contributed by atoms with Crippen molar-refractivity contribution in [3.8, 4) is 0 Å². The number of carbonyl (C=O) groups is 1. The van der Waals surface area contributed by atoms with Gasteiger partial charge in [-0.3, -0.25) is 4.79 Å². The highest BCUT2D eigenvalue weighted by molar-refractivity contribution is 7.89. The highest BCUT2D eigenvalue weighted by Crippen LogP contribution is 2.20. The number of amides is 1. The second-order valence-electron chi connectivity index (χ2n) is 7.35. The van der Waals surface area contributed by atoms with Gasteiger partial charge in [0.05, 0.1) is 11.3 Å². The van der Waals surface area contributed by atoms with Crippen molar-refractivity contribution in [1.82, 2.24) is 9.62 Å². The molecule has 28 heavy (non-hydrogen) atoms. The zero-order valence-electron chi connectivity index (χ0n) is 16.1. The van der Waals surface area contributed by atoms with E-state index in [9.17, 15) is 17.6 Å². The Morgan fingerprint density at radius 3 is 2.39 bits per heavy atom. The van der Waals surface area contributed by atoms with Gasteiger partial charge in [-0.15, -0.1) is 0 Å². The van der Waals surface area contributed by atoms with Gasteiger partial charge in [0, 0.05) is 19.1 Å². The number of carbonyl (C=O) groups excluding carboxylic acids is 1. The van der Waals surface area contributed by atoms with Crippen LogP contribution in [0.15, 0.2) is 47.4 Å². The van der Waals surface area contributed by atoms with Crippen LogP contribution < -0.4 is 4.72 Å². The molecule has 0 radical (unpaired) electrons. The molecule has 0 aromatic heterocycles. The van der Waals surface area contributed by atoms with Crippen LogP contribution in [0, 0.1) is 19.7 Å². The summed E-state index contributed by atoms with van der Waals surface area (Å²) in [6.45, 7) is 4.65. The lowest BCUT2D eigenvalue weighted by Gasteiger charge is -2.32. The lowest BCUT2D eigenvalue weighted by atomic mass is 10.0. The van der Waals surface area contributed by atoms with E-state index < -0.39 is 10.0 Å². The molecular weight excluding hydrogens is 379 g/mol. The number of sulfonamides is 1. The fourth-order valence-corrected chi connectivity index (χ4v) is 5.05. The van der Waals surface area contributed by atoms with Crippen molar-refractivity contribution >= 4 is 15.9 Å². The van der Waals surface area contributed by atoms with Crippen LogP contribution in [-0.4, -0.2) is 38.4 Å². The topological polar surface area (TPSA) is 66.5 Å². The predicted molar refractivity (Wildman–Crippen MR) is 106 cm³/mol. The Bertz CT molecular complexity index is 950. The summed E-state index contributed by atoms with van der Waals surface area (Å²) in [5.41, 5.74) is 2.38. The van der Waals surface area contributed by atoms with Gasteiger partial charge < -0.3 is 4.90 Å². The third-order valence-electron chi connectivity index (χ3n) is 5.07. The normalized spacial score (nSPS) is 15.6. The van der Waals surface area contributed by atoms with Crippen molar-refractivity contribution in [1.29, 1.82) is 0 Å². The van der Waals surface area contributed by atoms with E-state index in [4.69, 9.17) is 0 Å². The van der Waals surface area contributed by atoms with Crippen LogP contribution in [0.4, 0.5) is 4.39 Å². The quantitative estimate of drug-likeness (QED) is 0.833. The average Bonchev–Trinajstić information content (AvgIpc) is 2.65. The molecule has 0 aliphatic carbocycles. The molecule has 0 unspecified atom stereocenters. The number of hydrogen-bond donors (Lipinski definition) is 1. The molecule has 1 saturated heterocycles. The summed E-state index contributed by atoms with van der Waals surface area (Å²) in [6, 6.07) is 11.1. The molecule has 5 nitrogen and oxygen atoms in total. The molecule has 1 aliphatic heterocycles. The number of piperidine rings is 1. The first-order valence-corrected chi connectivity index (χ1v) is 10.8. The molecule has 1 fully saturated rings. The number of nitrogens with one attached hydrogen (secondary N) is 1.